The van der Waals surface area contributed by atoms with Gasteiger partial charge in [0.25, 0.3) is 5.56 Å². The molecule has 2 aromatic rings. The van der Waals surface area contributed by atoms with Gasteiger partial charge in [-0.15, -0.1) is 0 Å². The molecular weight excluding hydrogens is 244 g/mol. The third-order valence-electron chi connectivity index (χ3n) is 2.01. The second kappa shape index (κ2) is 3.46. The molecule has 0 fully saturated rings. The standard InChI is InChI=1S/C10H9BrN2O/c1-7-9(11)10(14)13(12-7)8-5-3-2-4-6-8/h2-6,12H,1H3. The summed E-state index contributed by atoms with van der Waals surface area (Å²) in [6, 6.07) is 9.46. The van der Waals surface area contributed by atoms with Crippen LogP contribution in [-0.4, -0.2) is 9.78 Å². The van der Waals surface area contributed by atoms with Crippen molar-refractivity contribution in [3.8, 4) is 5.69 Å². The van der Waals surface area contributed by atoms with Crippen LogP contribution in [0, 0.1) is 6.92 Å². The van der Waals surface area contributed by atoms with Crippen LogP contribution in [0.4, 0.5) is 0 Å². The Morgan fingerprint density at radius 3 is 2.43 bits per heavy atom. The Labute approximate surface area is 89.5 Å². The highest BCUT2D eigenvalue weighted by atomic mass is 79.9. The van der Waals surface area contributed by atoms with Crippen LogP contribution < -0.4 is 5.56 Å². The number of para-hydroxylation sites is 1. The number of halogens is 1. The third kappa shape index (κ3) is 1.42. The number of benzene rings is 1. The van der Waals surface area contributed by atoms with Crippen molar-refractivity contribution in [3.63, 3.8) is 0 Å². The van der Waals surface area contributed by atoms with Crippen LogP contribution in [0.2, 0.25) is 0 Å². The molecule has 0 aliphatic heterocycles. The van der Waals surface area contributed by atoms with Crippen molar-refractivity contribution in [2.45, 2.75) is 6.92 Å². The van der Waals surface area contributed by atoms with Crippen molar-refractivity contribution in [2.75, 3.05) is 0 Å². The van der Waals surface area contributed by atoms with E-state index in [4.69, 9.17) is 0 Å². The maximum absolute atomic E-state index is 11.7. The lowest BCUT2D eigenvalue weighted by Gasteiger charge is -1.99. The molecule has 0 saturated carbocycles. The van der Waals surface area contributed by atoms with Crippen LogP contribution in [0.1, 0.15) is 5.69 Å². The van der Waals surface area contributed by atoms with Crippen molar-refractivity contribution < 1.29 is 0 Å². The van der Waals surface area contributed by atoms with Crippen LogP contribution in [0.3, 0.4) is 0 Å². The van der Waals surface area contributed by atoms with Gasteiger partial charge in [-0.05, 0) is 35.0 Å². The number of aromatic nitrogens is 2. The minimum atomic E-state index is -0.0614. The monoisotopic (exact) mass is 252 g/mol. The van der Waals surface area contributed by atoms with E-state index in [0.717, 1.165) is 11.4 Å². The molecule has 1 aromatic carbocycles. The number of aryl methyl sites for hydroxylation is 1. The molecule has 1 aromatic heterocycles. The van der Waals surface area contributed by atoms with Crippen molar-refractivity contribution in [2.24, 2.45) is 0 Å². The van der Waals surface area contributed by atoms with Crippen molar-refractivity contribution in [3.05, 3.63) is 50.9 Å². The molecule has 3 nitrogen and oxygen atoms in total. The quantitative estimate of drug-likeness (QED) is 0.831. The summed E-state index contributed by atoms with van der Waals surface area (Å²) in [5.74, 6) is 0. The predicted molar refractivity (Wildman–Crippen MR) is 58.8 cm³/mol. The Kier molecular flexibility index (Phi) is 2.29. The summed E-state index contributed by atoms with van der Waals surface area (Å²) in [6.07, 6.45) is 0. The lowest BCUT2D eigenvalue weighted by Crippen LogP contribution is -2.14. The van der Waals surface area contributed by atoms with Crippen LogP contribution >= 0.6 is 15.9 Å². The second-order valence-corrected chi connectivity index (χ2v) is 3.82. The summed E-state index contributed by atoms with van der Waals surface area (Å²) in [7, 11) is 0. The molecule has 2 rings (SSSR count). The zero-order valence-electron chi connectivity index (χ0n) is 7.62. The van der Waals surface area contributed by atoms with Gasteiger partial charge in [-0.3, -0.25) is 9.89 Å². The number of hydrogen-bond acceptors (Lipinski definition) is 1. The molecule has 0 bridgehead atoms. The first-order valence-electron chi connectivity index (χ1n) is 4.22. The third-order valence-corrected chi connectivity index (χ3v) is 2.95. The maximum Gasteiger partial charge on any atom is 0.285 e. The molecule has 1 N–H and O–H groups in total. The molecule has 0 radical (unpaired) electrons. The number of hydrogen-bond donors (Lipinski definition) is 1. The van der Waals surface area contributed by atoms with Crippen LogP contribution in [-0.2, 0) is 0 Å². The molecule has 0 saturated heterocycles. The number of H-pyrrole nitrogens is 1. The summed E-state index contributed by atoms with van der Waals surface area (Å²) in [5.41, 5.74) is 1.61. The molecule has 72 valence electrons. The van der Waals surface area contributed by atoms with Crippen molar-refractivity contribution in [1.29, 1.82) is 0 Å². The summed E-state index contributed by atoms with van der Waals surface area (Å²) >= 11 is 3.23. The van der Waals surface area contributed by atoms with Gasteiger partial charge in [0.2, 0.25) is 0 Å². The molecule has 14 heavy (non-hydrogen) atoms. The lowest BCUT2D eigenvalue weighted by molar-refractivity contribution is 0.835. The smallest absolute Gasteiger partial charge is 0.285 e. The molecule has 0 aliphatic rings. The van der Waals surface area contributed by atoms with Crippen LogP contribution in [0.5, 0.6) is 0 Å². The highest BCUT2D eigenvalue weighted by molar-refractivity contribution is 9.10. The van der Waals surface area contributed by atoms with E-state index in [1.54, 1.807) is 0 Å². The van der Waals surface area contributed by atoms with E-state index in [0.29, 0.717) is 4.47 Å². The van der Waals surface area contributed by atoms with E-state index in [-0.39, 0.29) is 5.56 Å². The van der Waals surface area contributed by atoms with Gasteiger partial charge in [-0.2, -0.15) is 0 Å². The fourth-order valence-electron chi connectivity index (χ4n) is 1.28. The SMILES string of the molecule is Cc1[nH]n(-c2ccccc2)c(=O)c1Br. The van der Waals surface area contributed by atoms with Gasteiger partial charge >= 0.3 is 0 Å². The molecule has 0 spiro atoms. The molecule has 0 atom stereocenters. The average molecular weight is 253 g/mol. The average Bonchev–Trinajstić information content (AvgIpc) is 2.47. The Morgan fingerprint density at radius 2 is 1.93 bits per heavy atom. The topological polar surface area (TPSA) is 37.8 Å². The Bertz CT molecular complexity index is 499. The van der Waals surface area contributed by atoms with Crippen LogP contribution in [0.15, 0.2) is 39.6 Å². The number of nitrogens with zero attached hydrogens (tertiary/aromatic N) is 1. The van der Waals surface area contributed by atoms with Gasteiger partial charge in [0, 0.05) is 5.69 Å². The van der Waals surface area contributed by atoms with E-state index < -0.39 is 0 Å². The molecular formula is C10H9BrN2O. The zero-order valence-corrected chi connectivity index (χ0v) is 9.21. The maximum atomic E-state index is 11.7. The van der Waals surface area contributed by atoms with Crippen LogP contribution in [0.25, 0.3) is 5.69 Å². The minimum Gasteiger partial charge on any atom is -0.294 e. The Morgan fingerprint density at radius 1 is 1.29 bits per heavy atom. The van der Waals surface area contributed by atoms with E-state index in [1.165, 1.54) is 4.68 Å². The highest BCUT2D eigenvalue weighted by Crippen LogP contribution is 2.10. The molecule has 0 aliphatic carbocycles. The first-order chi connectivity index (χ1) is 6.70. The van der Waals surface area contributed by atoms with Gasteiger partial charge in [0.1, 0.15) is 4.47 Å². The summed E-state index contributed by atoms with van der Waals surface area (Å²) < 4.78 is 2.10. The first-order valence-corrected chi connectivity index (χ1v) is 5.02. The van der Waals surface area contributed by atoms with Crippen molar-refractivity contribution >= 4 is 15.9 Å². The largest absolute Gasteiger partial charge is 0.294 e. The lowest BCUT2D eigenvalue weighted by atomic mass is 10.3. The van der Waals surface area contributed by atoms with Gasteiger partial charge in [0.05, 0.1) is 5.69 Å². The van der Waals surface area contributed by atoms with Gasteiger partial charge in [-0.1, -0.05) is 18.2 Å². The van der Waals surface area contributed by atoms with E-state index in [9.17, 15) is 4.79 Å². The molecule has 0 unspecified atom stereocenters. The number of rotatable bonds is 1. The van der Waals surface area contributed by atoms with E-state index >= 15 is 0 Å². The van der Waals surface area contributed by atoms with Gasteiger partial charge in [-0.25, -0.2) is 4.68 Å². The summed E-state index contributed by atoms with van der Waals surface area (Å²) in [6.45, 7) is 1.85. The van der Waals surface area contributed by atoms with Gasteiger partial charge < -0.3 is 0 Å². The summed E-state index contributed by atoms with van der Waals surface area (Å²) in [4.78, 5) is 11.7. The minimum absolute atomic E-state index is 0.0614. The Hall–Kier alpha value is -1.29. The Balaban J connectivity index is 2.64. The second-order valence-electron chi connectivity index (χ2n) is 3.03. The van der Waals surface area contributed by atoms with E-state index in [2.05, 4.69) is 21.0 Å². The number of nitrogens with one attached hydrogen (secondary N) is 1. The number of aromatic amines is 1. The fourth-order valence-corrected chi connectivity index (χ4v) is 1.55. The molecule has 0 amide bonds. The predicted octanol–water partition coefficient (Wildman–Crippen LogP) is 2.24. The molecule has 4 heteroatoms. The van der Waals surface area contributed by atoms with Crippen molar-refractivity contribution in [1.82, 2.24) is 9.78 Å². The first kappa shape index (κ1) is 9.27. The fraction of sp³-hybridized carbons (Fsp3) is 0.100. The normalized spacial score (nSPS) is 10.4. The molecule has 1 heterocycles. The van der Waals surface area contributed by atoms with Gasteiger partial charge in [0.15, 0.2) is 0 Å². The van der Waals surface area contributed by atoms with E-state index in [1.807, 2.05) is 37.3 Å². The zero-order chi connectivity index (χ0) is 10.1. The summed E-state index contributed by atoms with van der Waals surface area (Å²) in [5, 5.41) is 2.99. The highest BCUT2D eigenvalue weighted by Gasteiger charge is 2.08.